The zero-order chi connectivity index (χ0) is 17.4. The van der Waals surface area contributed by atoms with Gasteiger partial charge in [0.2, 0.25) is 5.91 Å². The van der Waals surface area contributed by atoms with Crippen molar-refractivity contribution in [2.45, 2.75) is 19.9 Å². The third-order valence-electron chi connectivity index (χ3n) is 4.04. The second-order valence-corrected chi connectivity index (χ2v) is 6.90. The number of imide groups is 1. The number of carbonyl (C=O) groups is 3. The van der Waals surface area contributed by atoms with Gasteiger partial charge in [0, 0.05) is 9.26 Å². The fourth-order valence-electron chi connectivity index (χ4n) is 2.68. The van der Waals surface area contributed by atoms with E-state index in [0.29, 0.717) is 16.8 Å². The van der Waals surface area contributed by atoms with Gasteiger partial charge in [-0.1, -0.05) is 12.1 Å². The average Bonchev–Trinajstić information content (AvgIpc) is 2.81. The molecular weight excluding hydrogens is 419 g/mol. The summed E-state index contributed by atoms with van der Waals surface area (Å²) in [6, 6.07) is 11.4. The summed E-state index contributed by atoms with van der Waals surface area (Å²) in [4.78, 5) is 38.4. The standard InChI is InChI=1S/C18H15IN2O3/c1-10-9-12(19)7-8-15(10)20-16(22)11(2)21-17(23)13-5-3-4-6-14(13)18(21)24/h3-9,11H,1-2H3,(H,20,22). The smallest absolute Gasteiger partial charge is 0.262 e. The number of anilines is 1. The third-order valence-corrected chi connectivity index (χ3v) is 4.71. The van der Waals surface area contributed by atoms with E-state index in [0.717, 1.165) is 14.0 Å². The van der Waals surface area contributed by atoms with Gasteiger partial charge in [-0.3, -0.25) is 19.3 Å². The van der Waals surface area contributed by atoms with E-state index in [1.165, 1.54) is 0 Å². The summed E-state index contributed by atoms with van der Waals surface area (Å²) in [6.07, 6.45) is 0. The molecule has 3 rings (SSSR count). The molecule has 3 amide bonds. The predicted molar refractivity (Wildman–Crippen MR) is 98.9 cm³/mol. The summed E-state index contributed by atoms with van der Waals surface area (Å²) in [6.45, 7) is 3.45. The van der Waals surface area contributed by atoms with Crippen LogP contribution in [0.15, 0.2) is 42.5 Å². The molecule has 0 aliphatic carbocycles. The van der Waals surface area contributed by atoms with E-state index in [-0.39, 0.29) is 0 Å². The average molecular weight is 434 g/mol. The molecule has 0 bridgehead atoms. The van der Waals surface area contributed by atoms with Crippen LogP contribution in [0.5, 0.6) is 0 Å². The zero-order valence-electron chi connectivity index (χ0n) is 13.2. The lowest BCUT2D eigenvalue weighted by atomic mass is 10.1. The number of carbonyl (C=O) groups excluding carboxylic acids is 3. The van der Waals surface area contributed by atoms with Crippen molar-refractivity contribution < 1.29 is 14.4 Å². The van der Waals surface area contributed by atoms with E-state index in [1.807, 2.05) is 25.1 Å². The SMILES string of the molecule is Cc1cc(I)ccc1NC(=O)C(C)N1C(=O)c2ccccc2C1=O. The molecule has 0 radical (unpaired) electrons. The molecule has 1 N–H and O–H groups in total. The predicted octanol–water partition coefficient (Wildman–Crippen LogP) is 3.22. The number of nitrogens with zero attached hydrogens (tertiary/aromatic N) is 1. The molecule has 1 heterocycles. The topological polar surface area (TPSA) is 66.5 Å². The molecular formula is C18H15IN2O3. The monoisotopic (exact) mass is 434 g/mol. The van der Waals surface area contributed by atoms with E-state index in [1.54, 1.807) is 31.2 Å². The highest BCUT2D eigenvalue weighted by Gasteiger charge is 2.40. The van der Waals surface area contributed by atoms with Gasteiger partial charge in [-0.2, -0.15) is 0 Å². The maximum atomic E-state index is 12.5. The maximum absolute atomic E-state index is 12.5. The second kappa shape index (κ2) is 6.35. The molecule has 5 nitrogen and oxygen atoms in total. The molecule has 1 atom stereocenters. The molecule has 0 fully saturated rings. The summed E-state index contributed by atoms with van der Waals surface area (Å²) in [5.74, 6) is -1.26. The number of fused-ring (bicyclic) bond motifs is 1. The zero-order valence-corrected chi connectivity index (χ0v) is 15.3. The van der Waals surface area contributed by atoms with Crippen LogP contribution in [0.1, 0.15) is 33.2 Å². The van der Waals surface area contributed by atoms with E-state index in [2.05, 4.69) is 27.9 Å². The van der Waals surface area contributed by atoms with Gasteiger partial charge in [-0.05, 0) is 72.3 Å². The Bertz CT molecular complexity index is 828. The van der Waals surface area contributed by atoms with Gasteiger partial charge >= 0.3 is 0 Å². The van der Waals surface area contributed by atoms with Crippen LogP contribution in [0.2, 0.25) is 0 Å². The number of benzene rings is 2. The molecule has 1 aliphatic heterocycles. The number of halogens is 1. The molecule has 1 aliphatic rings. The van der Waals surface area contributed by atoms with Crippen molar-refractivity contribution in [3.05, 3.63) is 62.7 Å². The molecule has 2 aromatic rings. The highest BCUT2D eigenvalue weighted by molar-refractivity contribution is 14.1. The highest BCUT2D eigenvalue weighted by Crippen LogP contribution is 2.25. The lowest BCUT2D eigenvalue weighted by Gasteiger charge is -2.22. The molecule has 0 saturated heterocycles. The van der Waals surface area contributed by atoms with E-state index in [9.17, 15) is 14.4 Å². The van der Waals surface area contributed by atoms with Gasteiger partial charge in [0.25, 0.3) is 11.8 Å². The molecule has 1 unspecified atom stereocenters. The molecule has 0 saturated carbocycles. The van der Waals surface area contributed by atoms with Gasteiger partial charge in [-0.15, -0.1) is 0 Å². The summed E-state index contributed by atoms with van der Waals surface area (Å²) in [7, 11) is 0. The minimum atomic E-state index is -0.893. The maximum Gasteiger partial charge on any atom is 0.262 e. The number of aryl methyl sites for hydroxylation is 1. The van der Waals surface area contributed by atoms with Crippen LogP contribution in [0.3, 0.4) is 0 Å². The van der Waals surface area contributed by atoms with Gasteiger partial charge in [-0.25, -0.2) is 0 Å². The Kier molecular flexibility index (Phi) is 4.40. The Balaban J connectivity index is 1.82. The first-order chi connectivity index (χ1) is 11.4. The van der Waals surface area contributed by atoms with Crippen LogP contribution in [0.4, 0.5) is 5.69 Å². The van der Waals surface area contributed by atoms with E-state index < -0.39 is 23.8 Å². The number of rotatable bonds is 3. The Hall–Kier alpha value is -2.22. The van der Waals surface area contributed by atoms with Crippen LogP contribution in [-0.4, -0.2) is 28.7 Å². The quantitative estimate of drug-likeness (QED) is 0.596. The second-order valence-electron chi connectivity index (χ2n) is 5.65. The van der Waals surface area contributed by atoms with Crippen molar-refractivity contribution in [3.63, 3.8) is 0 Å². The van der Waals surface area contributed by atoms with Gasteiger partial charge in [0.05, 0.1) is 11.1 Å². The van der Waals surface area contributed by atoms with Crippen LogP contribution in [0.25, 0.3) is 0 Å². The normalized spacial score (nSPS) is 14.5. The number of amides is 3. The minimum absolute atomic E-state index is 0.340. The van der Waals surface area contributed by atoms with Crippen LogP contribution in [0, 0.1) is 10.5 Å². The van der Waals surface area contributed by atoms with E-state index in [4.69, 9.17) is 0 Å². The first-order valence-electron chi connectivity index (χ1n) is 7.44. The number of hydrogen-bond acceptors (Lipinski definition) is 3. The fourth-order valence-corrected chi connectivity index (χ4v) is 3.33. The van der Waals surface area contributed by atoms with Crippen molar-refractivity contribution in [1.82, 2.24) is 4.90 Å². The summed E-state index contributed by atoms with van der Waals surface area (Å²) in [5.41, 5.74) is 2.27. The first kappa shape index (κ1) is 16.6. The summed E-state index contributed by atoms with van der Waals surface area (Å²) < 4.78 is 1.07. The van der Waals surface area contributed by atoms with Crippen LogP contribution < -0.4 is 5.32 Å². The third kappa shape index (κ3) is 2.82. The molecule has 0 spiro atoms. The first-order valence-corrected chi connectivity index (χ1v) is 8.52. The van der Waals surface area contributed by atoms with Crippen molar-refractivity contribution >= 4 is 46.0 Å². The number of nitrogens with one attached hydrogen (secondary N) is 1. The van der Waals surface area contributed by atoms with E-state index >= 15 is 0 Å². The van der Waals surface area contributed by atoms with Crippen molar-refractivity contribution in [1.29, 1.82) is 0 Å². The minimum Gasteiger partial charge on any atom is -0.324 e. The Labute approximate surface area is 153 Å². The Morgan fingerprint density at radius 3 is 2.21 bits per heavy atom. The summed E-state index contributed by atoms with van der Waals surface area (Å²) in [5, 5.41) is 2.79. The van der Waals surface area contributed by atoms with Gasteiger partial charge in [0.15, 0.2) is 0 Å². The highest BCUT2D eigenvalue weighted by atomic mass is 127. The Morgan fingerprint density at radius 1 is 1.08 bits per heavy atom. The Morgan fingerprint density at radius 2 is 1.67 bits per heavy atom. The molecule has 2 aromatic carbocycles. The van der Waals surface area contributed by atoms with Gasteiger partial charge < -0.3 is 5.32 Å². The van der Waals surface area contributed by atoms with Crippen molar-refractivity contribution in [2.24, 2.45) is 0 Å². The lowest BCUT2D eigenvalue weighted by molar-refractivity contribution is -0.119. The lowest BCUT2D eigenvalue weighted by Crippen LogP contribution is -2.45. The van der Waals surface area contributed by atoms with Crippen molar-refractivity contribution in [3.8, 4) is 0 Å². The molecule has 0 aromatic heterocycles. The molecule has 24 heavy (non-hydrogen) atoms. The molecule has 122 valence electrons. The van der Waals surface area contributed by atoms with Crippen molar-refractivity contribution in [2.75, 3.05) is 5.32 Å². The largest absolute Gasteiger partial charge is 0.324 e. The van der Waals surface area contributed by atoms with Gasteiger partial charge in [0.1, 0.15) is 6.04 Å². The number of hydrogen-bond donors (Lipinski definition) is 1. The van der Waals surface area contributed by atoms with Crippen LogP contribution >= 0.6 is 22.6 Å². The fraction of sp³-hybridized carbons (Fsp3) is 0.167. The van der Waals surface area contributed by atoms with Crippen LogP contribution in [-0.2, 0) is 4.79 Å². The summed E-state index contributed by atoms with van der Waals surface area (Å²) >= 11 is 2.20. The molecule has 6 heteroatoms.